The highest BCUT2D eigenvalue weighted by Gasteiger charge is 1.99. The van der Waals surface area contributed by atoms with Crippen LogP contribution in [0.3, 0.4) is 0 Å². The third kappa shape index (κ3) is 6.24. The molecule has 3 nitrogen and oxygen atoms in total. The average molecular weight is 261 g/mol. The van der Waals surface area contributed by atoms with Gasteiger partial charge in [0.2, 0.25) is 0 Å². The summed E-state index contributed by atoms with van der Waals surface area (Å²) in [7, 11) is 0. The Morgan fingerprint density at radius 1 is 1.17 bits per heavy atom. The van der Waals surface area contributed by atoms with E-state index < -0.39 is 0 Å². The van der Waals surface area contributed by atoms with Gasteiger partial charge in [0.25, 0.3) is 0 Å². The van der Waals surface area contributed by atoms with Gasteiger partial charge in [-0.1, -0.05) is 30.0 Å². The lowest BCUT2D eigenvalue weighted by Crippen LogP contribution is -2.49. The standard InChI is InChI=1S/C14H19N3S/c1-11(2)15-14(18)17-16-12(3)9-10-13-7-5-4-6-8-13/h4-8,11-12,16H,1-3H3,(H2,15,17,18). The van der Waals surface area contributed by atoms with Crippen LogP contribution in [0.1, 0.15) is 26.3 Å². The quantitative estimate of drug-likeness (QED) is 0.440. The van der Waals surface area contributed by atoms with E-state index in [1.807, 2.05) is 51.1 Å². The maximum Gasteiger partial charge on any atom is 0.181 e. The van der Waals surface area contributed by atoms with Crippen LogP contribution in [-0.4, -0.2) is 17.2 Å². The van der Waals surface area contributed by atoms with Gasteiger partial charge in [-0.25, -0.2) is 5.43 Å². The van der Waals surface area contributed by atoms with Gasteiger partial charge in [-0.3, -0.25) is 5.43 Å². The second kappa shape index (κ2) is 7.70. The summed E-state index contributed by atoms with van der Waals surface area (Å²) in [5, 5.41) is 3.66. The molecule has 0 aromatic heterocycles. The summed E-state index contributed by atoms with van der Waals surface area (Å²) < 4.78 is 0. The molecule has 96 valence electrons. The molecule has 1 aromatic rings. The lowest BCUT2D eigenvalue weighted by atomic mass is 10.2. The van der Waals surface area contributed by atoms with Crippen molar-refractivity contribution in [3.05, 3.63) is 35.9 Å². The Labute approximate surface area is 114 Å². The maximum atomic E-state index is 5.09. The van der Waals surface area contributed by atoms with Gasteiger partial charge in [0.1, 0.15) is 0 Å². The molecule has 1 atom stereocenters. The molecular formula is C14H19N3S. The summed E-state index contributed by atoms with van der Waals surface area (Å²) in [4.78, 5) is 0. The monoisotopic (exact) mass is 261 g/mol. The van der Waals surface area contributed by atoms with Crippen LogP contribution in [-0.2, 0) is 0 Å². The normalized spacial score (nSPS) is 11.3. The third-order valence-corrected chi connectivity index (χ3v) is 2.25. The highest BCUT2D eigenvalue weighted by atomic mass is 32.1. The van der Waals surface area contributed by atoms with Crippen molar-refractivity contribution in [2.24, 2.45) is 0 Å². The van der Waals surface area contributed by atoms with Crippen molar-refractivity contribution >= 4 is 17.3 Å². The molecule has 1 unspecified atom stereocenters. The first-order chi connectivity index (χ1) is 8.58. The van der Waals surface area contributed by atoms with Gasteiger partial charge in [-0.2, -0.15) is 0 Å². The van der Waals surface area contributed by atoms with E-state index in [0.717, 1.165) is 5.56 Å². The minimum atomic E-state index is 0.0112. The molecule has 0 aliphatic heterocycles. The van der Waals surface area contributed by atoms with Crippen molar-refractivity contribution in [2.45, 2.75) is 32.9 Å². The molecule has 0 heterocycles. The fourth-order valence-electron chi connectivity index (χ4n) is 1.22. The van der Waals surface area contributed by atoms with E-state index >= 15 is 0 Å². The van der Waals surface area contributed by atoms with E-state index in [9.17, 15) is 0 Å². The number of benzene rings is 1. The summed E-state index contributed by atoms with van der Waals surface area (Å²) in [6.07, 6.45) is 0. The second-order valence-corrected chi connectivity index (χ2v) is 4.66. The molecule has 0 aliphatic rings. The molecule has 0 saturated carbocycles. The number of thiocarbonyl (C=S) groups is 1. The Kier molecular flexibility index (Phi) is 6.20. The fraction of sp³-hybridized carbons (Fsp3) is 0.357. The predicted octanol–water partition coefficient (Wildman–Crippen LogP) is 1.80. The maximum absolute atomic E-state index is 5.09. The van der Waals surface area contributed by atoms with Crippen molar-refractivity contribution in [3.8, 4) is 11.8 Å². The van der Waals surface area contributed by atoms with Gasteiger partial charge >= 0.3 is 0 Å². The molecule has 0 aliphatic carbocycles. The van der Waals surface area contributed by atoms with Crippen molar-refractivity contribution < 1.29 is 0 Å². The van der Waals surface area contributed by atoms with E-state index in [4.69, 9.17) is 12.2 Å². The number of rotatable bonds is 3. The van der Waals surface area contributed by atoms with E-state index in [2.05, 4.69) is 28.0 Å². The van der Waals surface area contributed by atoms with Crippen LogP contribution in [0, 0.1) is 11.8 Å². The van der Waals surface area contributed by atoms with Gasteiger partial charge < -0.3 is 5.32 Å². The summed E-state index contributed by atoms with van der Waals surface area (Å²) in [6, 6.07) is 10.2. The smallest absolute Gasteiger partial charge is 0.181 e. The molecule has 1 aromatic carbocycles. The Hall–Kier alpha value is -1.57. The lowest BCUT2D eigenvalue weighted by molar-refractivity contribution is 0.592. The van der Waals surface area contributed by atoms with Crippen LogP contribution in [0.25, 0.3) is 0 Å². The largest absolute Gasteiger partial charge is 0.359 e. The minimum Gasteiger partial charge on any atom is -0.359 e. The Morgan fingerprint density at radius 2 is 1.83 bits per heavy atom. The van der Waals surface area contributed by atoms with Gasteiger partial charge in [0, 0.05) is 11.6 Å². The van der Waals surface area contributed by atoms with E-state index in [0.29, 0.717) is 11.2 Å². The summed E-state index contributed by atoms with van der Waals surface area (Å²) in [5.41, 5.74) is 6.96. The second-order valence-electron chi connectivity index (χ2n) is 4.25. The molecule has 0 spiro atoms. The number of hydrogen-bond donors (Lipinski definition) is 3. The van der Waals surface area contributed by atoms with Crippen molar-refractivity contribution in [1.29, 1.82) is 0 Å². The topological polar surface area (TPSA) is 36.1 Å². The van der Waals surface area contributed by atoms with Crippen LogP contribution < -0.4 is 16.2 Å². The SMILES string of the molecule is CC(C)NC(=S)NNC(C)C#Cc1ccccc1. The van der Waals surface area contributed by atoms with Crippen LogP contribution in [0.5, 0.6) is 0 Å². The average Bonchev–Trinajstić information content (AvgIpc) is 2.34. The molecule has 0 saturated heterocycles. The summed E-state index contributed by atoms with van der Waals surface area (Å²) in [6.45, 7) is 6.04. The summed E-state index contributed by atoms with van der Waals surface area (Å²) >= 11 is 5.09. The molecule has 0 bridgehead atoms. The fourth-order valence-corrected chi connectivity index (χ4v) is 1.52. The molecule has 18 heavy (non-hydrogen) atoms. The number of hydrogen-bond acceptors (Lipinski definition) is 2. The Bertz CT molecular complexity index is 431. The van der Waals surface area contributed by atoms with Crippen LogP contribution in [0.4, 0.5) is 0 Å². The van der Waals surface area contributed by atoms with Crippen molar-refractivity contribution in [3.63, 3.8) is 0 Å². The van der Waals surface area contributed by atoms with Crippen LogP contribution >= 0.6 is 12.2 Å². The van der Waals surface area contributed by atoms with E-state index in [1.54, 1.807) is 0 Å². The Morgan fingerprint density at radius 3 is 2.44 bits per heavy atom. The van der Waals surface area contributed by atoms with Gasteiger partial charge in [0.05, 0.1) is 6.04 Å². The highest BCUT2D eigenvalue weighted by molar-refractivity contribution is 7.80. The molecule has 4 heteroatoms. The third-order valence-electron chi connectivity index (χ3n) is 2.03. The molecule has 0 fully saturated rings. The Balaban J connectivity index is 2.36. The lowest BCUT2D eigenvalue weighted by Gasteiger charge is -2.15. The molecule has 0 radical (unpaired) electrons. The predicted molar refractivity (Wildman–Crippen MR) is 79.9 cm³/mol. The van der Waals surface area contributed by atoms with Gasteiger partial charge in [0.15, 0.2) is 5.11 Å². The van der Waals surface area contributed by atoms with Crippen molar-refractivity contribution in [1.82, 2.24) is 16.2 Å². The van der Waals surface area contributed by atoms with E-state index in [-0.39, 0.29) is 6.04 Å². The first-order valence-corrected chi connectivity index (χ1v) is 6.37. The summed E-state index contributed by atoms with van der Waals surface area (Å²) in [5.74, 6) is 6.19. The van der Waals surface area contributed by atoms with E-state index in [1.165, 1.54) is 0 Å². The number of nitrogens with one attached hydrogen (secondary N) is 3. The van der Waals surface area contributed by atoms with Gasteiger partial charge in [-0.05, 0) is 45.1 Å². The highest BCUT2D eigenvalue weighted by Crippen LogP contribution is 1.94. The zero-order valence-corrected chi connectivity index (χ0v) is 11.8. The van der Waals surface area contributed by atoms with Crippen molar-refractivity contribution in [2.75, 3.05) is 0 Å². The molecule has 3 N–H and O–H groups in total. The zero-order valence-electron chi connectivity index (χ0n) is 10.9. The minimum absolute atomic E-state index is 0.0112. The van der Waals surface area contributed by atoms with Gasteiger partial charge in [-0.15, -0.1) is 0 Å². The molecule has 1 rings (SSSR count). The van der Waals surface area contributed by atoms with Crippen LogP contribution in [0.15, 0.2) is 30.3 Å². The zero-order chi connectivity index (χ0) is 13.4. The molecular weight excluding hydrogens is 242 g/mol. The first kappa shape index (κ1) is 14.5. The number of hydrazine groups is 1. The first-order valence-electron chi connectivity index (χ1n) is 5.96. The molecule has 0 amide bonds. The van der Waals surface area contributed by atoms with Crippen LogP contribution in [0.2, 0.25) is 0 Å².